The molecule has 1 spiro atoms. The average Bonchev–Trinajstić information content (AvgIpc) is 3.23. The zero-order chi connectivity index (χ0) is 19.0. The maximum atomic E-state index is 13.4. The molecule has 0 unspecified atom stereocenters. The van der Waals surface area contributed by atoms with Crippen LogP contribution in [-0.4, -0.2) is 41.2 Å². The molecule has 2 heterocycles. The lowest BCUT2D eigenvalue weighted by molar-refractivity contribution is -0.137. The van der Waals surface area contributed by atoms with Crippen LogP contribution in [0, 0.1) is 23.0 Å². The average molecular weight is 376 g/mol. The minimum atomic E-state index is -0.620. The van der Waals surface area contributed by atoms with Crippen molar-refractivity contribution in [3.63, 3.8) is 0 Å². The monoisotopic (exact) mass is 376 g/mol. The van der Waals surface area contributed by atoms with Crippen LogP contribution < -0.4 is 0 Å². The summed E-state index contributed by atoms with van der Waals surface area (Å²) in [6.07, 6.45) is 6.44. The van der Waals surface area contributed by atoms with Gasteiger partial charge in [0.1, 0.15) is 11.6 Å². The van der Waals surface area contributed by atoms with Crippen LogP contribution in [0.5, 0.6) is 0 Å². The summed E-state index contributed by atoms with van der Waals surface area (Å²) < 4.78 is 26.8. The molecule has 1 aromatic carbocycles. The molecule has 2 saturated heterocycles. The molecule has 146 valence electrons. The van der Waals surface area contributed by atoms with Crippen molar-refractivity contribution in [2.45, 2.75) is 51.5 Å². The molecule has 3 aliphatic rings. The predicted octanol–water partition coefficient (Wildman–Crippen LogP) is 3.50. The molecule has 3 fully saturated rings. The molecular formula is C21H26F2N2O2. The first kappa shape index (κ1) is 18.4. The summed E-state index contributed by atoms with van der Waals surface area (Å²) in [6, 6.07) is 3.41. The molecule has 6 heteroatoms. The van der Waals surface area contributed by atoms with Crippen LogP contribution in [0.3, 0.4) is 0 Å². The zero-order valence-electron chi connectivity index (χ0n) is 15.6. The van der Waals surface area contributed by atoms with Gasteiger partial charge in [-0.1, -0.05) is 12.8 Å². The van der Waals surface area contributed by atoms with E-state index in [4.69, 9.17) is 0 Å². The molecule has 0 aromatic heterocycles. The van der Waals surface area contributed by atoms with Crippen molar-refractivity contribution in [2.75, 3.05) is 19.6 Å². The molecule has 0 N–H and O–H groups in total. The van der Waals surface area contributed by atoms with E-state index in [0.717, 1.165) is 44.6 Å². The number of carbonyl (C=O) groups is 2. The molecule has 27 heavy (non-hydrogen) atoms. The summed E-state index contributed by atoms with van der Waals surface area (Å²) in [5.41, 5.74) is 0.377. The fourth-order valence-corrected chi connectivity index (χ4v) is 5.02. The van der Waals surface area contributed by atoms with E-state index in [1.807, 2.05) is 4.90 Å². The van der Waals surface area contributed by atoms with Crippen LogP contribution >= 0.6 is 0 Å². The van der Waals surface area contributed by atoms with Gasteiger partial charge in [-0.15, -0.1) is 0 Å². The van der Waals surface area contributed by atoms with Crippen LogP contribution in [0.15, 0.2) is 18.2 Å². The van der Waals surface area contributed by atoms with E-state index in [9.17, 15) is 18.4 Å². The number of benzene rings is 1. The highest BCUT2D eigenvalue weighted by Crippen LogP contribution is 2.42. The first-order valence-electron chi connectivity index (χ1n) is 9.96. The summed E-state index contributed by atoms with van der Waals surface area (Å²) in [5.74, 6) is -0.715. The quantitative estimate of drug-likeness (QED) is 0.810. The smallest absolute Gasteiger partial charge is 0.225 e. The van der Waals surface area contributed by atoms with Gasteiger partial charge >= 0.3 is 0 Å². The first-order valence-corrected chi connectivity index (χ1v) is 9.96. The van der Waals surface area contributed by atoms with Crippen molar-refractivity contribution in [3.8, 4) is 0 Å². The van der Waals surface area contributed by atoms with Crippen molar-refractivity contribution in [1.82, 2.24) is 9.80 Å². The highest BCUT2D eigenvalue weighted by atomic mass is 19.1. The van der Waals surface area contributed by atoms with E-state index in [2.05, 4.69) is 0 Å². The van der Waals surface area contributed by atoms with Crippen LogP contribution in [0.2, 0.25) is 0 Å². The molecular weight excluding hydrogens is 350 g/mol. The Morgan fingerprint density at radius 2 is 1.70 bits per heavy atom. The standard InChI is InChI=1S/C21H26F2N2O2/c22-17-9-15(10-18(23)11-17)13-25-14-21(12-19(25)26)5-7-24(8-6-21)20(27)16-3-1-2-4-16/h9-11,16H,1-8,12-14H2. The van der Waals surface area contributed by atoms with Gasteiger partial charge in [0.2, 0.25) is 11.8 Å². The molecule has 2 amide bonds. The van der Waals surface area contributed by atoms with E-state index in [1.54, 1.807) is 4.90 Å². The van der Waals surface area contributed by atoms with Gasteiger partial charge in [0.25, 0.3) is 0 Å². The van der Waals surface area contributed by atoms with E-state index in [0.29, 0.717) is 37.5 Å². The largest absolute Gasteiger partial charge is 0.342 e. The fourth-order valence-electron chi connectivity index (χ4n) is 5.02. The predicted molar refractivity (Wildman–Crippen MR) is 96.6 cm³/mol. The Hall–Kier alpha value is -1.98. The molecule has 1 saturated carbocycles. The summed E-state index contributed by atoms with van der Waals surface area (Å²) >= 11 is 0. The number of amides is 2. The number of hydrogen-bond acceptors (Lipinski definition) is 2. The van der Waals surface area contributed by atoms with Gasteiger partial charge in [-0.25, -0.2) is 8.78 Å². The van der Waals surface area contributed by atoms with E-state index < -0.39 is 11.6 Å². The number of piperidine rings is 1. The zero-order valence-corrected chi connectivity index (χ0v) is 15.6. The minimum Gasteiger partial charge on any atom is -0.342 e. The number of carbonyl (C=O) groups excluding carboxylic acids is 2. The number of halogens is 2. The Balaban J connectivity index is 1.37. The molecule has 4 rings (SSSR count). The highest BCUT2D eigenvalue weighted by molar-refractivity contribution is 5.80. The molecule has 2 aliphatic heterocycles. The molecule has 0 bridgehead atoms. The lowest BCUT2D eigenvalue weighted by Crippen LogP contribution is -2.46. The minimum absolute atomic E-state index is 0.0373. The van der Waals surface area contributed by atoms with Crippen LogP contribution in [0.1, 0.15) is 50.5 Å². The van der Waals surface area contributed by atoms with Crippen molar-refractivity contribution < 1.29 is 18.4 Å². The third-order valence-corrected chi connectivity index (χ3v) is 6.54. The fraction of sp³-hybridized carbons (Fsp3) is 0.619. The Labute approximate surface area is 158 Å². The summed E-state index contributed by atoms with van der Waals surface area (Å²) in [4.78, 5) is 28.8. The maximum absolute atomic E-state index is 13.4. The normalized spacial score (nSPS) is 22.8. The molecule has 0 radical (unpaired) electrons. The van der Waals surface area contributed by atoms with Gasteiger partial charge < -0.3 is 9.80 Å². The summed E-state index contributed by atoms with van der Waals surface area (Å²) in [6.45, 7) is 2.27. The Morgan fingerprint density at radius 3 is 2.33 bits per heavy atom. The molecule has 1 aliphatic carbocycles. The highest BCUT2D eigenvalue weighted by Gasteiger charge is 2.45. The van der Waals surface area contributed by atoms with Crippen molar-refractivity contribution in [2.24, 2.45) is 11.3 Å². The van der Waals surface area contributed by atoms with Gasteiger partial charge in [-0.3, -0.25) is 9.59 Å². The Morgan fingerprint density at radius 1 is 1.07 bits per heavy atom. The van der Waals surface area contributed by atoms with Crippen molar-refractivity contribution in [1.29, 1.82) is 0 Å². The SMILES string of the molecule is O=C1CC2(CCN(C(=O)C3CCCC3)CC2)CN1Cc1cc(F)cc(F)c1. The van der Waals surface area contributed by atoms with Crippen LogP contribution in [0.4, 0.5) is 8.78 Å². The van der Waals surface area contributed by atoms with Gasteiger partial charge in [0.05, 0.1) is 0 Å². The Bertz CT molecular complexity index is 717. The second kappa shape index (κ2) is 7.21. The number of nitrogens with zero attached hydrogens (tertiary/aromatic N) is 2. The second-order valence-corrected chi connectivity index (χ2v) is 8.51. The topological polar surface area (TPSA) is 40.6 Å². The van der Waals surface area contributed by atoms with Gasteiger partial charge in [0.15, 0.2) is 0 Å². The van der Waals surface area contributed by atoms with Crippen molar-refractivity contribution >= 4 is 11.8 Å². The van der Waals surface area contributed by atoms with E-state index >= 15 is 0 Å². The third-order valence-electron chi connectivity index (χ3n) is 6.54. The Kier molecular flexibility index (Phi) is 4.91. The number of hydrogen-bond donors (Lipinski definition) is 0. The van der Waals surface area contributed by atoms with Gasteiger partial charge in [0, 0.05) is 50.0 Å². The number of rotatable bonds is 3. The second-order valence-electron chi connectivity index (χ2n) is 8.51. The van der Waals surface area contributed by atoms with Crippen molar-refractivity contribution in [3.05, 3.63) is 35.4 Å². The summed E-state index contributed by atoms with van der Waals surface area (Å²) in [5, 5.41) is 0. The molecule has 1 aromatic rings. The molecule has 0 atom stereocenters. The van der Waals surface area contributed by atoms with Crippen LogP contribution in [-0.2, 0) is 16.1 Å². The van der Waals surface area contributed by atoms with Crippen LogP contribution in [0.25, 0.3) is 0 Å². The van der Waals surface area contributed by atoms with Gasteiger partial charge in [-0.2, -0.15) is 0 Å². The van der Waals surface area contributed by atoms with Gasteiger partial charge in [-0.05, 0) is 43.4 Å². The lowest BCUT2D eigenvalue weighted by Gasteiger charge is -2.39. The maximum Gasteiger partial charge on any atom is 0.225 e. The first-order chi connectivity index (χ1) is 12.9. The van der Waals surface area contributed by atoms with E-state index in [-0.39, 0.29) is 23.8 Å². The summed E-state index contributed by atoms with van der Waals surface area (Å²) in [7, 11) is 0. The number of likely N-dealkylation sites (tertiary alicyclic amines) is 2. The molecule has 4 nitrogen and oxygen atoms in total. The third kappa shape index (κ3) is 3.85. The lowest BCUT2D eigenvalue weighted by atomic mass is 9.77. The van der Waals surface area contributed by atoms with E-state index in [1.165, 1.54) is 12.1 Å².